The number of ether oxygens (including phenoxy) is 2. The molecule has 236 valence electrons. The van der Waals surface area contributed by atoms with Crippen LogP contribution in [-0.2, 0) is 16.0 Å². The van der Waals surface area contributed by atoms with Crippen molar-refractivity contribution in [3.05, 3.63) is 83.0 Å². The van der Waals surface area contributed by atoms with Crippen molar-refractivity contribution in [2.24, 2.45) is 5.92 Å². The van der Waals surface area contributed by atoms with Crippen LogP contribution in [0, 0.1) is 5.92 Å². The summed E-state index contributed by atoms with van der Waals surface area (Å²) in [6.07, 6.45) is 0.748. The lowest BCUT2D eigenvalue weighted by Crippen LogP contribution is -2.40. The Labute approximate surface area is 269 Å². The normalized spacial score (nSPS) is 18.9. The molecule has 0 aliphatic carbocycles. The first kappa shape index (κ1) is 29.7. The molecule has 0 radical (unpaired) electrons. The van der Waals surface area contributed by atoms with E-state index < -0.39 is 5.92 Å². The molecular weight excluding hydrogens is 604 g/mol. The molecule has 46 heavy (non-hydrogen) atoms. The minimum atomic E-state index is -0.456. The van der Waals surface area contributed by atoms with E-state index in [0.29, 0.717) is 49.7 Å². The number of hydrogen-bond donors (Lipinski definition) is 2. The minimum Gasteiger partial charge on any atom is -0.493 e. The van der Waals surface area contributed by atoms with Gasteiger partial charge in [-0.1, -0.05) is 24.3 Å². The fraction of sp³-hybridized carbons (Fsp3) is 0.324. The molecule has 4 heterocycles. The lowest BCUT2D eigenvalue weighted by atomic mass is 9.88. The monoisotopic (exact) mass is 638 g/mol. The average Bonchev–Trinajstić information content (AvgIpc) is 3.83. The molecule has 1 saturated heterocycles. The molecular formula is C34H34N6O5S. The Hall–Kier alpha value is -4.97. The van der Waals surface area contributed by atoms with Gasteiger partial charge in [-0.05, 0) is 48.4 Å². The maximum atomic E-state index is 13.7. The summed E-state index contributed by atoms with van der Waals surface area (Å²) in [6.45, 7) is 2.16. The maximum Gasteiger partial charge on any atom is 0.253 e. The summed E-state index contributed by atoms with van der Waals surface area (Å²) < 4.78 is 12.8. The van der Waals surface area contributed by atoms with Crippen molar-refractivity contribution in [1.82, 2.24) is 30.3 Å². The van der Waals surface area contributed by atoms with Gasteiger partial charge in [-0.15, -0.1) is 11.3 Å². The Morgan fingerprint density at radius 1 is 1.02 bits per heavy atom. The highest BCUT2D eigenvalue weighted by molar-refractivity contribution is 7.16. The number of amides is 3. The van der Waals surface area contributed by atoms with Crippen molar-refractivity contribution in [2.75, 3.05) is 46.4 Å². The van der Waals surface area contributed by atoms with Gasteiger partial charge in [0.05, 0.1) is 52.9 Å². The van der Waals surface area contributed by atoms with Crippen LogP contribution in [0.3, 0.4) is 0 Å². The SMILES string of the molecule is COc1ccc2cc1OCCN(C(=O)Cc1[nH]nc3ccccc13)CCCNC(=O)[C@H]1CN(C(=O)c3ccc4scnc4c3)C[C@H]21. The number of H-pyrrole nitrogens is 1. The largest absolute Gasteiger partial charge is 0.493 e. The van der Waals surface area contributed by atoms with Crippen LogP contribution in [0.5, 0.6) is 11.5 Å². The highest BCUT2D eigenvalue weighted by Gasteiger charge is 2.41. The van der Waals surface area contributed by atoms with Crippen LogP contribution in [0.4, 0.5) is 0 Å². The fourth-order valence-electron chi connectivity index (χ4n) is 6.43. The van der Waals surface area contributed by atoms with Gasteiger partial charge in [0.2, 0.25) is 11.8 Å². The van der Waals surface area contributed by atoms with Gasteiger partial charge in [0.25, 0.3) is 5.91 Å². The summed E-state index contributed by atoms with van der Waals surface area (Å²) in [5.74, 6) is 0.0961. The molecule has 0 saturated carbocycles. The number of para-hydroxylation sites is 1. The third-order valence-electron chi connectivity index (χ3n) is 8.88. The van der Waals surface area contributed by atoms with Gasteiger partial charge in [0, 0.05) is 43.0 Å². The third kappa shape index (κ3) is 5.87. The topological polar surface area (TPSA) is 130 Å². The number of nitrogens with zero attached hydrogens (tertiary/aromatic N) is 4. The van der Waals surface area contributed by atoms with E-state index in [1.54, 1.807) is 22.4 Å². The predicted octanol–water partition coefficient (Wildman–Crippen LogP) is 4.01. The van der Waals surface area contributed by atoms with Crippen LogP contribution in [0.1, 0.15) is 34.0 Å². The molecule has 2 atom stereocenters. The molecule has 7 rings (SSSR count). The number of likely N-dealkylation sites (tertiary alicyclic amines) is 1. The van der Waals surface area contributed by atoms with E-state index in [0.717, 1.165) is 32.4 Å². The van der Waals surface area contributed by atoms with E-state index in [1.807, 2.05) is 60.7 Å². The van der Waals surface area contributed by atoms with E-state index in [-0.39, 0.29) is 43.2 Å². The third-order valence-corrected chi connectivity index (χ3v) is 9.69. The molecule has 5 aromatic rings. The molecule has 1 fully saturated rings. The predicted molar refractivity (Wildman–Crippen MR) is 174 cm³/mol. The summed E-state index contributed by atoms with van der Waals surface area (Å²) >= 11 is 1.53. The lowest BCUT2D eigenvalue weighted by Gasteiger charge is -2.25. The fourth-order valence-corrected chi connectivity index (χ4v) is 7.09. The number of rotatable bonds is 4. The zero-order valence-corrected chi connectivity index (χ0v) is 26.2. The summed E-state index contributed by atoms with van der Waals surface area (Å²) in [5.41, 5.74) is 5.57. The smallest absolute Gasteiger partial charge is 0.253 e. The van der Waals surface area contributed by atoms with Crippen molar-refractivity contribution in [2.45, 2.75) is 18.8 Å². The number of fused-ring (bicyclic) bond motifs is 6. The number of aromatic nitrogens is 3. The molecule has 0 spiro atoms. The Morgan fingerprint density at radius 3 is 2.78 bits per heavy atom. The molecule has 2 aliphatic heterocycles. The van der Waals surface area contributed by atoms with Gasteiger partial charge < -0.3 is 24.6 Å². The first-order valence-electron chi connectivity index (χ1n) is 15.4. The van der Waals surface area contributed by atoms with Crippen molar-refractivity contribution >= 4 is 50.2 Å². The Bertz CT molecular complexity index is 1920. The number of thiazole rings is 1. The van der Waals surface area contributed by atoms with Gasteiger partial charge in [-0.25, -0.2) is 4.98 Å². The van der Waals surface area contributed by atoms with Crippen LogP contribution in [-0.4, -0.2) is 89.1 Å². The van der Waals surface area contributed by atoms with Crippen LogP contribution in [0.25, 0.3) is 21.1 Å². The molecule has 11 nitrogen and oxygen atoms in total. The molecule has 12 heteroatoms. The molecule has 0 unspecified atom stereocenters. The number of aromatic amines is 1. The standard InChI is InChI=1S/C34H34N6O5S/c1-44-29-9-7-21-16-30(29)45-14-13-39(32(41)17-27-23-5-2-3-6-26(23)37-38-27)12-4-11-35-33(42)25-19-40(18-24(21)25)34(43)22-8-10-31-28(15-22)36-20-46-31/h2-3,5-10,15-16,20,24-25H,4,11-14,17-19H2,1H3,(H,35,42)(H,37,38)/t24-,25+/m1/s1. The van der Waals surface area contributed by atoms with Crippen LogP contribution >= 0.6 is 11.3 Å². The summed E-state index contributed by atoms with van der Waals surface area (Å²) in [6, 6.07) is 18.9. The molecule has 2 aliphatic rings. The quantitative estimate of drug-likeness (QED) is 0.304. The number of methoxy groups -OCH3 is 1. The number of benzene rings is 3. The summed E-state index contributed by atoms with van der Waals surface area (Å²) in [7, 11) is 1.58. The van der Waals surface area contributed by atoms with Crippen LogP contribution in [0.2, 0.25) is 0 Å². The van der Waals surface area contributed by atoms with E-state index in [1.165, 1.54) is 11.3 Å². The van der Waals surface area contributed by atoms with Crippen LogP contribution < -0.4 is 14.8 Å². The van der Waals surface area contributed by atoms with Crippen molar-refractivity contribution in [1.29, 1.82) is 0 Å². The van der Waals surface area contributed by atoms with Gasteiger partial charge in [-0.2, -0.15) is 5.10 Å². The molecule has 3 amide bonds. The van der Waals surface area contributed by atoms with Crippen molar-refractivity contribution < 1.29 is 23.9 Å². The van der Waals surface area contributed by atoms with E-state index >= 15 is 0 Å². The van der Waals surface area contributed by atoms with Crippen molar-refractivity contribution in [3.63, 3.8) is 0 Å². The number of hydrogen-bond acceptors (Lipinski definition) is 8. The Balaban J connectivity index is 1.11. The van der Waals surface area contributed by atoms with Crippen molar-refractivity contribution in [3.8, 4) is 11.5 Å². The van der Waals surface area contributed by atoms with Crippen LogP contribution in [0.15, 0.2) is 66.2 Å². The second-order valence-electron chi connectivity index (χ2n) is 11.6. The first-order chi connectivity index (χ1) is 22.5. The minimum absolute atomic E-state index is 0.0574. The second-order valence-corrected chi connectivity index (χ2v) is 12.5. The van der Waals surface area contributed by atoms with Gasteiger partial charge in [0.1, 0.15) is 6.61 Å². The number of nitrogens with one attached hydrogen (secondary N) is 2. The zero-order valence-electron chi connectivity index (χ0n) is 25.4. The number of carbonyl (C=O) groups is 3. The highest BCUT2D eigenvalue weighted by atomic mass is 32.1. The molecule has 2 aromatic heterocycles. The first-order valence-corrected chi connectivity index (χ1v) is 16.3. The summed E-state index contributed by atoms with van der Waals surface area (Å²) in [5, 5.41) is 11.3. The second kappa shape index (κ2) is 12.8. The van der Waals surface area contributed by atoms with E-state index in [2.05, 4.69) is 20.5 Å². The van der Waals surface area contributed by atoms with E-state index in [4.69, 9.17) is 9.47 Å². The highest BCUT2D eigenvalue weighted by Crippen LogP contribution is 2.38. The Kier molecular flexibility index (Phi) is 8.27. The Morgan fingerprint density at radius 2 is 1.89 bits per heavy atom. The van der Waals surface area contributed by atoms with Gasteiger partial charge >= 0.3 is 0 Å². The average molecular weight is 639 g/mol. The summed E-state index contributed by atoms with van der Waals surface area (Å²) in [4.78, 5) is 48.7. The zero-order chi connectivity index (χ0) is 31.6. The van der Waals surface area contributed by atoms with E-state index in [9.17, 15) is 14.4 Å². The molecule has 2 N–H and O–H groups in total. The number of carbonyl (C=O) groups excluding carboxylic acids is 3. The molecule has 3 aromatic carbocycles. The maximum absolute atomic E-state index is 13.7. The van der Waals surface area contributed by atoms with Gasteiger partial charge in [0.15, 0.2) is 11.5 Å². The lowest BCUT2D eigenvalue weighted by molar-refractivity contribution is -0.131. The van der Waals surface area contributed by atoms with Gasteiger partial charge in [-0.3, -0.25) is 19.5 Å². The molecule has 2 bridgehead atoms.